The molecule has 0 saturated carbocycles. The van der Waals surface area contributed by atoms with Crippen molar-refractivity contribution in [1.29, 1.82) is 5.26 Å². The average Bonchev–Trinajstić information content (AvgIpc) is 3.11. The van der Waals surface area contributed by atoms with Crippen molar-refractivity contribution in [3.63, 3.8) is 0 Å². The highest BCUT2D eigenvalue weighted by molar-refractivity contribution is 7.89. The molecule has 3 aromatic rings. The molecule has 1 unspecified atom stereocenters. The number of fused-ring (bicyclic) bond motifs is 2. The van der Waals surface area contributed by atoms with Gasteiger partial charge in [0, 0.05) is 22.4 Å². The second-order valence-corrected chi connectivity index (χ2v) is 9.51. The van der Waals surface area contributed by atoms with Crippen LogP contribution < -0.4 is 15.8 Å². The quantitative estimate of drug-likeness (QED) is 0.532. The lowest BCUT2D eigenvalue weighted by molar-refractivity contribution is 0.103. The molecule has 0 saturated heterocycles. The number of Topliss-reactive ketones (excluding diaryl/α,β-unsaturated/α-hetero) is 1. The van der Waals surface area contributed by atoms with Crippen molar-refractivity contribution in [3.8, 4) is 11.8 Å². The first-order valence-corrected chi connectivity index (χ1v) is 11.8. The van der Waals surface area contributed by atoms with Crippen LogP contribution in [0, 0.1) is 11.3 Å². The van der Waals surface area contributed by atoms with Crippen LogP contribution in [0.15, 0.2) is 94.7 Å². The Morgan fingerprint density at radius 3 is 2.15 bits per heavy atom. The molecule has 1 heterocycles. The number of rotatable bonds is 3. The minimum atomic E-state index is -3.90. The molecule has 1 aliphatic carbocycles. The second-order valence-electron chi connectivity index (χ2n) is 7.95. The van der Waals surface area contributed by atoms with Crippen LogP contribution in [0.25, 0.3) is 5.70 Å². The van der Waals surface area contributed by atoms with Gasteiger partial charge < -0.3 is 10.8 Å². The summed E-state index contributed by atoms with van der Waals surface area (Å²) in [5.41, 5.74) is 9.87. The number of nitrogens with zero attached hydrogens (tertiary/aromatic N) is 2. The van der Waals surface area contributed by atoms with E-state index in [2.05, 4.69) is 6.07 Å². The van der Waals surface area contributed by atoms with Crippen LogP contribution >= 0.6 is 0 Å². The van der Waals surface area contributed by atoms with Crippen molar-refractivity contribution in [3.05, 3.63) is 106 Å². The maximum atomic E-state index is 13.6. The summed E-state index contributed by atoms with van der Waals surface area (Å²) >= 11 is 0. The van der Waals surface area contributed by atoms with E-state index in [9.17, 15) is 23.6 Å². The first-order chi connectivity index (χ1) is 16.2. The lowest BCUT2D eigenvalue weighted by Gasteiger charge is -2.35. The van der Waals surface area contributed by atoms with Crippen LogP contribution in [0.3, 0.4) is 0 Å². The normalized spacial score (nSPS) is 17.5. The van der Waals surface area contributed by atoms with Crippen molar-refractivity contribution in [2.75, 3.05) is 4.90 Å². The van der Waals surface area contributed by atoms with Crippen molar-refractivity contribution in [1.82, 2.24) is 0 Å². The molecular formula is C25H18N4O4S. The van der Waals surface area contributed by atoms with Gasteiger partial charge in [0.05, 0.1) is 28.2 Å². The number of phenols is 1. The van der Waals surface area contributed by atoms with Crippen molar-refractivity contribution in [2.45, 2.75) is 10.8 Å². The molecule has 0 bridgehead atoms. The summed E-state index contributed by atoms with van der Waals surface area (Å²) in [4.78, 5) is 15.1. The molecule has 0 fully saturated rings. The van der Waals surface area contributed by atoms with E-state index in [0.29, 0.717) is 33.6 Å². The summed E-state index contributed by atoms with van der Waals surface area (Å²) in [6.07, 6.45) is 0. The highest BCUT2D eigenvalue weighted by Crippen LogP contribution is 2.50. The Balaban J connectivity index is 1.78. The van der Waals surface area contributed by atoms with Gasteiger partial charge in [0.15, 0.2) is 5.78 Å². The first kappa shape index (κ1) is 21.5. The number of carbonyl (C=O) groups is 1. The number of ketones is 1. The molecule has 34 heavy (non-hydrogen) atoms. The monoisotopic (exact) mass is 470 g/mol. The lowest BCUT2D eigenvalue weighted by Crippen LogP contribution is -2.34. The number of nitriles is 1. The minimum Gasteiger partial charge on any atom is -0.508 e. The molecule has 168 valence electrons. The van der Waals surface area contributed by atoms with E-state index >= 15 is 0 Å². The number of nitrogens with two attached hydrogens (primary N) is 2. The number of hydrogen-bond donors (Lipinski definition) is 3. The summed E-state index contributed by atoms with van der Waals surface area (Å²) in [5.74, 6) is -0.787. The zero-order chi connectivity index (χ0) is 24.2. The maximum Gasteiger partial charge on any atom is 0.238 e. The summed E-state index contributed by atoms with van der Waals surface area (Å²) in [6, 6.07) is 21.3. The molecule has 8 nitrogen and oxygen atoms in total. The summed E-state index contributed by atoms with van der Waals surface area (Å²) in [7, 11) is -3.90. The smallest absolute Gasteiger partial charge is 0.238 e. The summed E-state index contributed by atoms with van der Waals surface area (Å²) < 4.78 is 23.4. The van der Waals surface area contributed by atoms with Gasteiger partial charge in [-0.1, -0.05) is 36.4 Å². The average molecular weight is 471 g/mol. The van der Waals surface area contributed by atoms with E-state index in [1.807, 2.05) is 0 Å². The highest BCUT2D eigenvalue weighted by Gasteiger charge is 2.44. The predicted molar refractivity (Wildman–Crippen MR) is 126 cm³/mol. The number of phenolic OH excluding ortho intramolecular Hbond substituents is 1. The Bertz CT molecular complexity index is 1560. The molecule has 5 N–H and O–H groups in total. The molecule has 0 amide bonds. The van der Waals surface area contributed by atoms with E-state index in [1.165, 1.54) is 36.4 Å². The van der Waals surface area contributed by atoms with Gasteiger partial charge in [-0.15, -0.1) is 0 Å². The van der Waals surface area contributed by atoms with Crippen LogP contribution in [0.2, 0.25) is 0 Å². The molecule has 1 atom stereocenters. The molecular weight excluding hydrogens is 452 g/mol. The van der Waals surface area contributed by atoms with Crippen LogP contribution in [-0.4, -0.2) is 19.3 Å². The molecule has 0 spiro atoms. The molecule has 0 aromatic heterocycles. The Kier molecular flexibility index (Phi) is 4.79. The zero-order valence-electron chi connectivity index (χ0n) is 17.6. The van der Waals surface area contributed by atoms with Crippen LogP contribution in [0.4, 0.5) is 5.69 Å². The van der Waals surface area contributed by atoms with Crippen molar-refractivity contribution in [2.24, 2.45) is 10.9 Å². The van der Waals surface area contributed by atoms with E-state index < -0.39 is 15.9 Å². The number of anilines is 1. The van der Waals surface area contributed by atoms with Crippen molar-refractivity contribution < 1.29 is 18.3 Å². The number of aromatic hydroxyl groups is 1. The second kappa shape index (κ2) is 7.59. The van der Waals surface area contributed by atoms with Crippen LogP contribution in [-0.2, 0) is 10.0 Å². The molecule has 5 rings (SSSR count). The lowest BCUT2D eigenvalue weighted by atomic mass is 9.80. The maximum absolute atomic E-state index is 13.6. The Morgan fingerprint density at radius 2 is 1.56 bits per heavy atom. The van der Waals surface area contributed by atoms with Gasteiger partial charge in [0.25, 0.3) is 0 Å². The number of sulfonamides is 1. The first-order valence-electron chi connectivity index (χ1n) is 10.2. The van der Waals surface area contributed by atoms with Gasteiger partial charge in [0.2, 0.25) is 10.0 Å². The van der Waals surface area contributed by atoms with Crippen LogP contribution in [0.5, 0.6) is 5.75 Å². The largest absolute Gasteiger partial charge is 0.508 e. The molecule has 2 aliphatic rings. The fourth-order valence-electron chi connectivity index (χ4n) is 4.50. The number of carbonyl (C=O) groups excluding carboxylic acids is 1. The fourth-order valence-corrected chi connectivity index (χ4v) is 5.02. The number of primary sulfonamides is 1. The highest BCUT2D eigenvalue weighted by atomic mass is 32.2. The molecule has 1 aliphatic heterocycles. The van der Waals surface area contributed by atoms with Gasteiger partial charge in [-0.25, -0.2) is 13.6 Å². The van der Waals surface area contributed by atoms with Crippen LogP contribution in [0.1, 0.15) is 27.4 Å². The predicted octanol–water partition coefficient (Wildman–Crippen LogP) is 2.94. The van der Waals surface area contributed by atoms with E-state index in [-0.39, 0.29) is 27.8 Å². The SMILES string of the molecule is N#CC1=C(N)N(c2ccc(S(N)(=O)=O)cc2)C2=C(C(=O)c3ccccc32)C1c1ccc(O)cc1. The minimum absolute atomic E-state index is 0.0572. The topological polar surface area (TPSA) is 151 Å². The van der Waals surface area contributed by atoms with Gasteiger partial charge >= 0.3 is 0 Å². The number of hydrogen-bond acceptors (Lipinski definition) is 7. The summed E-state index contributed by atoms with van der Waals surface area (Å²) in [5, 5.41) is 25.1. The van der Waals surface area contributed by atoms with E-state index in [4.69, 9.17) is 10.9 Å². The number of benzene rings is 3. The Morgan fingerprint density at radius 1 is 0.941 bits per heavy atom. The van der Waals surface area contributed by atoms with Crippen molar-refractivity contribution >= 4 is 27.2 Å². The summed E-state index contributed by atoms with van der Waals surface area (Å²) in [6.45, 7) is 0. The number of allylic oxidation sites excluding steroid dienone is 2. The van der Waals surface area contributed by atoms with Gasteiger partial charge in [0.1, 0.15) is 11.6 Å². The third-order valence-electron chi connectivity index (χ3n) is 6.01. The van der Waals surface area contributed by atoms with Gasteiger partial charge in [-0.05, 0) is 42.0 Å². The Labute approximate surface area is 195 Å². The molecule has 3 aromatic carbocycles. The zero-order valence-corrected chi connectivity index (χ0v) is 18.5. The van der Waals surface area contributed by atoms with Gasteiger partial charge in [-0.2, -0.15) is 5.26 Å². The standard InChI is InChI=1S/C25H18N4O4S/c26-13-20-21(14-5-9-16(30)10-6-14)22-23(18-3-1-2-4-19(18)24(22)31)29(25(20)27)15-7-11-17(12-8-15)34(28,32)33/h1-12,21,30H,27H2,(H2,28,32,33). The molecule has 0 radical (unpaired) electrons. The third kappa shape index (κ3) is 3.16. The Hall–Kier alpha value is -4.39. The van der Waals surface area contributed by atoms with Gasteiger partial charge in [-0.3, -0.25) is 9.69 Å². The fraction of sp³-hybridized carbons (Fsp3) is 0.0400. The van der Waals surface area contributed by atoms with E-state index in [1.54, 1.807) is 41.3 Å². The molecule has 9 heteroatoms. The van der Waals surface area contributed by atoms with E-state index in [0.717, 1.165) is 0 Å². The third-order valence-corrected chi connectivity index (χ3v) is 6.94.